The van der Waals surface area contributed by atoms with Gasteiger partial charge in [0.25, 0.3) is 0 Å². The van der Waals surface area contributed by atoms with Crippen molar-refractivity contribution in [3.05, 3.63) is 18.2 Å². The van der Waals surface area contributed by atoms with Crippen LogP contribution in [0.4, 0.5) is 0 Å². The van der Waals surface area contributed by atoms with E-state index in [1.165, 1.54) is 0 Å². The van der Waals surface area contributed by atoms with E-state index >= 15 is 0 Å². The number of carbonyl (C=O) groups is 1. The summed E-state index contributed by atoms with van der Waals surface area (Å²) in [7, 11) is 0. The largest absolute Gasteiger partial charge is 0.396 e. The van der Waals surface area contributed by atoms with Crippen molar-refractivity contribution in [2.75, 3.05) is 32.8 Å². The number of imidazole rings is 1. The first-order valence-electron chi connectivity index (χ1n) is 9.42. The Bertz CT molecular complexity index is 522. The van der Waals surface area contributed by atoms with Gasteiger partial charge in [0.15, 0.2) is 0 Å². The average Bonchev–Trinajstić information content (AvgIpc) is 3.10. The lowest BCUT2D eigenvalue weighted by atomic mass is 10.0. The Balaban J connectivity index is 1.85. The van der Waals surface area contributed by atoms with Crippen LogP contribution >= 0.6 is 0 Å². The van der Waals surface area contributed by atoms with E-state index in [0.29, 0.717) is 24.8 Å². The zero-order chi connectivity index (χ0) is 18.2. The number of hydrogen-bond donors (Lipinski definition) is 2. The molecule has 1 saturated heterocycles. The van der Waals surface area contributed by atoms with Gasteiger partial charge in [-0.1, -0.05) is 13.8 Å². The molecule has 1 unspecified atom stereocenters. The van der Waals surface area contributed by atoms with Gasteiger partial charge in [0.2, 0.25) is 5.91 Å². The topological polar surface area (TPSA) is 81.8 Å². The predicted octanol–water partition coefficient (Wildman–Crippen LogP) is 1.02. The highest BCUT2D eigenvalue weighted by molar-refractivity contribution is 5.76. The van der Waals surface area contributed by atoms with Crippen LogP contribution < -0.4 is 0 Å². The molecule has 7 heteroatoms. The standard InChI is InChI=1S/C18H32N4O3/c1-3-20(4-2)15-6-10-21(11-7-15)17(25)14-16(24)18-19-8-12-22(18)9-5-13-23/h8,12,15-16,23-24H,3-7,9-11,13-14H2,1-2H3. The summed E-state index contributed by atoms with van der Waals surface area (Å²) in [5, 5.41) is 19.4. The van der Waals surface area contributed by atoms with E-state index in [9.17, 15) is 9.90 Å². The maximum absolute atomic E-state index is 12.5. The fraction of sp³-hybridized carbons (Fsp3) is 0.778. The number of aromatic nitrogens is 2. The Kier molecular flexibility index (Phi) is 7.87. The highest BCUT2D eigenvalue weighted by Crippen LogP contribution is 2.21. The molecule has 1 aliphatic heterocycles. The van der Waals surface area contributed by atoms with Crippen molar-refractivity contribution >= 4 is 5.91 Å². The molecule has 0 bridgehead atoms. The summed E-state index contributed by atoms with van der Waals surface area (Å²) in [5.74, 6) is 0.488. The minimum atomic E-state index is -0.901. The van der Waals surface area contributed by atoms with Crippen molar-refractivity contribution in [1.82, 2.24) is 19.4 Å². The van der Waals surface area contributed by atoms with E-state index in [-0.39, 0.29) is 18.9 Å². The van der Waals surface area contributed by atoms with E-state index < -0.39 is 6.10 Å². The molecule has 0 saturated carbocycles. The Morgan fingerprint density at radius 2 is 2.04 bits per heavy atom. The number of aryl methyl sites for hydroxylation is 1. The molecule has 1 aromatic heterocycles. The summed E-state index contributed by atoms with van der Waals surface area (Å²) in [5.41, 5.74) is 0. The van der Waals surface area contributed by atoms with Crippen molar-refractivity contribution in [3.63, 3.8) is 0 Å². The molecule has 142 valence electrons. The number of piperidine rings is 1. The summed E-state index contributed by atoms with van der Waals surface area (Å²) in [6.07, 6.45) is 5.14. The van der Waals surface area contributed by atoms with Gasteiger partial charge in [0.05, 0.1) is 6.42 Å². The highest BCUT2D eigenvalue weighted by Gasteiger charge is 2.27. The minimum Gasteiger partial charge on any atom is -0.396 e. The average molecular weight is 352 g/mol. The SMILES string of the molecule is CCN(CC)C1CCN(C(=O)CC(O)c2nccn2CCCO)CC1. The number of hydrogen-bond acceptors (Lipinski definition) is 5. The number of aliphatic hydroxyl groups is 2. The van der Waals surface area contributed by atoms with Gasteiger partial charge in [0.1, 0.15) is 11.9 Å². The van der Waals surface area contributed by atoms with Gasteiger partial charge in [0, 0.05) is 44.7 Å². The van der Waals surface area contributed by atoms with Crippen molar-refractivity contribution in [2.45, 2.75) is 58.2 Å². The molecule has 0 spiro atoms. The number of nitrogens with zero attached hydrogens (tertiary/aromatic N) is 4. The fourth-order valence-corrected chi connectivity index (χ4v) is 3.65. The minimum absolute atomic E-state index is 0.0118. The molecule has 0 aromatic carbocycles. The lowest BCUT2D eigenvalue weighted by Gasteiger charge is -2.38. The molecule has 0 radical (unpaired) electrons. The molecule has 1 amide bonds. The normalized spacial score (nSPS) is 17.2. The lowest BCUT2D eigenvalue weighted by molar-refractivity contribution is -0.135. The van der Waals surface area contributed by atoms with Crippen molar-refractivity contribution < 1.29 is 15.0 Å². The third kappa shape index (κ3) is 5.26. The second kappa shape index (κ2) is 9.89. The maximum atomic E-state index is 12.5. The van der Waals surface area contributed by atoms with Crippen LogP contribution in [0.3, 0.4) is 0 Å². The van der Waals surface area contributed by atoms with Gasteiger partial charge in [-0.05, 0) is 32.4 Å². The van der Waals surface area contributed by atoms with Crippen LogP contribution in [0, 0.1) is 0 Å². The third-order valence-electron chi connectivity index (χ3n) is 5.12. The maximum Gasteiger partial charge on any atom is 0.225 e. The van der Waals surface area contributed by atoms with Crippen LogP contribution in [0.15, 0.2) is 12.4 Å². The molecule has 1 fully saturated rings. The van der Waals surface area contributed by atoms with Crippen LogP contribution in [-0.4, -0.2) is 74.3 Å². The van der Waals surface area contributed by atoms with Gasteiger partial charge in [-0.3, -0.25) is 4.79 Å². The number of likely N-dealkylation sites (tertiary alicyclic amines) is 1. The molecular formula is C18H32N4O3. The van der Waals surface area contributed by atoms with E-state index in [2.05, 4.69) is 23.7 Å². The number of amides is 1. The number of rotatable bonds is 9. The summed E-state index contributed by atoms with van der Waals surface area (Å²) in [6, 6.07) is 0.557. The van der Waals surface area contributed by atoms with Crippen LogP contribution in [0.2, 0.25) is 0 Å². The van der Waals surface area contributed by atoms with Gasteiger partial charge in [-0.2, -0.15) is 0 Å². The smallest absolute Gasteiger partial charge is 0.225 e. The van der Waals surface area contributed by atoms with Gasteiger partial charge < -0.3 is 24.6 Å². The Hall–Kier alpha value is -1.44. The molecule has 1 aliphatic rings. The molecule has 7 nitrogen and oxygen atoms in total. The van der Waals surface area contributed by atoms with E-state index in [4.69, 9.17) is 5.11 Å². The van der Waals surface area contributed by atoms with Crippen LogP contribution in [0.25, 0.3) is 0 Å². The quantitative estimate of drug-likeness (QED) is 0.693. The van der Waals surface area contributed by atoms with Crippen LogP contribution in [-0.2, 0) is 11.3 Å². The monoisotopic (exact) mass is 352 g/mol. The molecular weight excluding hydrogens is 320 g/mol. The molecule has 2 heterocycles. The van der Waals surface area contributed by atoms with Gasteiger partial charge in [-0.25, -0.2) is 4.98 Å². The highest BCUT2D eigenvalue weighted by atomic mass is 16.3. The Labute approximate surface area is 150 Å². The second-order valence-corrected chi connectivity index (χ2v) is 6.61. The lowest BCUT2D eigenvalue weighted by Crippen LogP contribution is -2.46. The van der Waals surface area contributed by atoms with Crippen molar-refractivity contribution in [2.24, 2.45) is 0 Å². The Morgan fingerprint density at radius 1 is 1.36 bits per heavy atom. The molecule has 2 N–H and O–H groups in total. The van der Waals surface area contributed by atoms with E-state index in [1.54, 1.807) is 17.0 Å². The van der Waals surface area contributed by atoms with E-state index in [0.717, 1.165) is 39.0 Å². The van der Waals surface area contributed by atoms with Crippen molar-refractivity contribution in [1.29, 1.82) is 0 Å². The number of aliphatic hydroxyl groups excluding tert-OH is 2. The fourth-order valence-electron chi connectivity index (χ4n) is 3.65. The zero-order valence-corrected chi connectivity index (χ0v) is 15.5. The van der Waals surface area contributed by atoms with E-state index in [1.807, 2.05) is 4.90 Å². The van der Waals surface area contributed by atoms with Gasteiger partial charge in [-0.15, -0.1) is 0 Å². The Morgan fingerprint density at radius 3 is 2.64 bits per heavy atom. The summed E-state index contributed by atoms with van der Waals surface area (Å²) >= 11 is 0. The first-order valence-corrected chi connectivity index (χ1v) is 9.42. The van der Waals surface area contributed by atoms with Crippen molar-refractivity contribution in [3.8, 4) is 0 Å². The zero-order valence-electron chi connectivity index (χ0n) is 15.5. The molecule has 1 aromatic rings. The molecule has 2 rings (SSSR count). The first-order chi connectivity index (χ1) is 12.1. The third-order valence-corrected chi connectivity index (χ3v) is 5.12. The summed E-state index contributed by atoms with van der Waals surface area (Å²) < 4.78 is 1.81. The summed E-state index contributed by atoms with van der Waals surface area (Å²) in [6.45, 7) is 8.64. The molecule has 1 atom stereocenters. The summed E-state index contributed by atoms with van der Waals surface area (Å²) in [4.78, 5) is 21.0. The first kappa shape index (κ1) is 19.9. The molecule has 25 heavy (non-hydrogen) atoms. The van der Waals surface area contributed by atoms with Gasteiger partial charge >= 0.3 is 0 Å². The second-order valence-electron chi connectivity index (χ2n) is 6.61. The number of carbonyl (C=O) groups excluding carboxylic acids is 1. The van der Waals surface area contributed by atoms with Crippen LogP contribution in [0.1, 0.15) is 51.5 Å². The predicted molar refractivity (Wildman–Crippen MR) is 96.0 cm³/mol. The van der Waals surface area contributed by atoms with Crippen LogP contribution in [0.5, 0.6) is 0 Å². The molecule has 0 aliphatic carbocycles.